The minimum atomic E-state index is -0.305. The predicted molar refractivity (Wildman–Crippen MR) is 75.6 cm³/mol. The predicted octanol–water partition coefficient (Wildman–Crippen LogP) is 2.81. The third-order valence-electron chi connectivity index (χ3n) is 3.92. The Kier molecular flexibility index (Phi) is 4.22. The molecule has 1 aromatic rings. The molecule has 1 saturated carbocycles. The number of benzene rings is 1. The highest BCUT2D eigenvalue weighted by atomic mass is 19.1. The van der Waals surface area contributed by atoms with Gasteiger partial charge in [0.25, 0.3) is 0 Å². The van der Waals surface area contributed by atoms with E-state index in [-0.39, 0.29) is 18.0 Å². The Balaban J connectivity index is 1.43. The van der Waals surface area contributed by atoms with Crippen molar-refractivity contribution in [2.75, 3.05) is 13.2 Å². The van der Waals surface area contributed by atoms with Crippen molar-refractivity contribution in [2.24, 2.45) is 0 Å². The highest BCUT2D eigenvalue weighted by Crippen LogP contribution is 2.24. The summed E-state index contributed by atoms with van der Waals surface area (Å²) < 4.78 is 25.0. The summed E-state index contributed by atoms with van der Waals surface area (Å²) in [5.41, 5.74) is 1.00. The van der Waals surface area contributed by atoms with E-state index >= 15 is 0 Å². The average molecular weight is 279 g/mol. The Labute approximate surface area is 119 Å². The SMILES string of the molecule is Cc1ccc(F)c(OCC2CCC(CNC3CC3)O2)c1. The number of aryl methyl sites for hydroxylation is 1. The van der Waals surface area contributed by atoms with Gasteiger partial charge in [0.05, 0.1) is 12.2 Å². The molecule has 0 bridgehead atoms. The average Bonchev–Trinajstić information content (AvgIpc) is 3.16. The summed E-state index contributed by atoms with van der Waals surface area (Å²) in [7, 11) is 0. The van der Waals surface area contributed by atoms with E-state index in [0.29, 0.717) is 12.4 Å². The van der Waals surface area contributed by atoms with Crippen molar-refractivity contribution in [1.82, 2.24) is 5.32 Å². The smallest absolute Gasteiger partial charge is 0.165 e. The summed E-state index contributed by atoms with van der Waals surface area (Å²) in [6.07, 6.45) is 5.01. The van der Waals surface area contributed by atoms with Crippen molar-refractivity contribution in [1.29, 1.82) is 0 Å². The van der Waals surface area contributed by atoms with Gasteiger partial charge in [0, 0.05) is 12.6 Å². The molecule has 1 N–H and O–H groups in total. The van der Waals surface area contributed by atoms with Gasteiger partial charge in [-0.05, 0) is 50.3 Å². The molecule has 1 aliphatic heterocycles. The Morgan fingerprint density at radius 2 is 2.05 bits per heavy atom. The zero-order valence-electron chi connectivity index (χ0n) is 11.9. The van der Waals surface area contributed by atoms with Gasteiger partial charge in [-0.2, -0.15) is 0 Å². The molecule has 4 heteroatoms. The lowest BCUT2D eigenvalue weighted by Crippen LogP contribution is -2.29. The van der Waals surface area contributed by atoms with E-state index in [9.17, 15) is 4.39 Å². The van der Waals surface area contributed by atoms with Gasteiger partial charge in [0.2, 0.25) is 0 Å². The molecule has 1 saturated heterocycles. The van der Waals surface area contributed by atoms with Crippen LogP contribution in [0.2, 0.25) is 0 Å². The maximum atomic E-state index is 13.6. The van der Waals surface area contributed by atoms with Crippen LogP contribution in [0.1, 0.15) is 31.2 Å². The zero-order chi connectivity index (χ0) is 13.9. The fraction of sp³-hybridized carbons (Fsp3) is 0.625. The van der Waals surface area contributed by atoms with E-state index in [0.717, 1.165) is 31.0 Å². The second-order valence-corrected chi connectivity index (χ2v) is 5.88. The first-order chi connectivity index (χ1) is 9.70. The van der Waals surface area contributed by atoms with Crippen molar-refractivity contribution in [3.63, 3.8) is 0 Å². The van der Waals surface area contributed by atoms with Crippen molar-refractivity contribution in [3.8, 4) is 5.75 Å². The van der Waals surface area contributed by atoms with Gasteiger partial charge in [-0.25, -0.2) is 4.39 Å². The molecule has 2 atom stereocenters. The van der Waals surface area contributed by atoms with E-state index in [1.54, 1.807) is 12.1 Å². The maximum Gasteiger partial charge on any atom is 0.165 e. The molecule has 0 amide bonds. The van der Waals surface area contributed by atoms with Crippen LogP contribution >= 0.6 is 0 Å². The first-order valence-corrected chi connectivity index (χ1v) is 7.48. The first-order valence-electron chi connectivity index (χ1n) is 7.48. The summed E-state index contributed by atoms with van der Waals surface area (Å²) in [5, 5.41) is 3.48. The van der Waals surface area contributed by atoms with Crippen LogP contribution in [0.4, 0.5) is 4.39 Å². The topological polar surface area (TPSA) is 30.5 Å². The number of ether oxygens (including phenoxy) is 2. The standard InChI is InChI=1S/C16H22FNO2/c1-11-2-7-15(17)16(8-11)19-10-14-6-5-13(20-14)9-18-12-3-4-12/h2,7-8,12-14,18H,3-6,9-10H2,1H3. The van der Waals surface area contributed by atoms with E-state index in [2.05, 4.69) is 5.32 Å². The van der Waals surface area contributed by atoms with Crippen molar-refractivity contribution < 1.29 is 13.9 Å². The molecule has 0 spiro atoms. The molecule has 1 heterocycles. The second-order valence-electron chi connectivity index (χ2n) is 5.88. The van der Waals surface area contributed by atoms with Crippen molar-refractivity contribution in [3.05, 3.63) is 29.6 Å². The number of rotatable bonds is 6. The highest BCUT2D eigenvalue weighted by Gasteiger charge is 2.28. The monoisotopic (exact) mass is 279 g/mol. The molecular formula is C16H22FNO2. The summed E-state index contributed by atoms with van der Waals surface area (Å²) in [5.74, 6) is 0.0219. The molecule has 1 aromatic carbocycles. The number of nitrogens with one attached hydrogen (secondary N) is 1. The van der Waals surface area contributed by atoms with Gasteiger partial charge in [0.15, 0.2) is 11.6 Å². The third-order valence-corrected chi connectivity index (χ3v) is 3.92. The largest absolute Gasteiger partial charge is 0.488 e. The summed E-state index contributed by atoms with van der Waals surface area (Å²) >= 11 is 0. The lowest BCUT2D eigenvalue weighted by Gasteiger charge is -2.15. The van der Waals surface area contributed by atoms with E-state index in [4.69, 9.17) is 9.47 Å². The first kappa shape index (κ1) is 13.8. The lowest BCUT2D eigenvalue weighted by atomic mass is 10.2. The number of hydrogen-bond donors (Lipinski definition) is 1. The molecule has 20 heavy (non-hydrogen) atoms. The van der Waals surface area contributed by atoms with Gasteiger partial charge in [-0.1, -0.05) is 6.07 Å². The van der Waals surface area contributed by atoms with Gasteiger partial charge < -0.3 is 14.8 Å². The molecule has 110 valence electrons. The summed E-state index contributed by atoms with van der Waals surface area (Å²) in [6.45, 7) is 3.29. The molecule has 2 fully saturated rings. The van der Waals surface area contributed by atoms with Crippen LogP contribution in [-0.4, -0.2) is 31.4 Å². The van der Waals surface area contributed by atoms with E-state index in [1.807, 2.05) is 6.92 Å². The minimum absolute atomic E-state index is 0.0842. The maximum absolute atomic E-state index is 13.6. The Hall–Kier alpha value is -1.13. The third kappa shape index (κ3) is 3.70. The molecule has 1 aliphatic carbocycles. The fourth-order valence-corrected chi connectivity index (χ4v) is 2.54. The molecular weight excluding hydrogens is 257 g/mol. The molecule has 0 radical (unpaired) electrons. The Bertz CT molecular complexity index is 462. The molecule has 3 rings (SSSR count). The second kappa shape index (κ2) is 6.10. The van der Waals surface area contributed by atoms with E-state index < -0.39 is 0 Å². The highest BCUT2D eigenvalue weighted by molar-refractivity contribution is 5.29. The van der Waals surface area contributed by atoms with Crippen molar-refractivity contribution in [2.45, 2.75) is 50.9 Å². The normalized spacial score (nSPS) is 25.9. The number of hydrogen-bond acceptors (Lipinski definition) is 3. The Morgan fingerprint density at radius 3 is 2.85 bits per heavy atom. The molecule has 2 aliphatic rings. The van der Waals surface area contributed by atoms with Crippen molar-refractivity contribution >= 4 is 0 Å². The molecule has 2 unspecified atom stereocenters. The minimum Gasteiger partial charge on any atom is -0.488 e. The van der Waals surface area contributed by atoms with Crippen LogP contribution in [-0.2, 0) is 4.74 Å². The Morgan fingerprint density at radius 1 is 1.25 bits per heavy atom. The van der Waals surface area contributed by atoms with Gasteiger partial charge in [-0.15, -0.1) is 0 Å². The summed E-state index contributed by atoms with van der Waals surface area (Å²) in [4.78, 5) is 0. The summed E-state index contributed by atoms with van der Waals surface area (Å²) in [6, 6.07) is 5.64. The van der Waals surface area contributed by atoms with Crippen LogP contribution in [0.5, 0.6) is 5.75 Å². The molecule has 0 aromatic heterocycles. The quantitative estimate of drug-likeness (QED) is 0.868. The zero-order valence-corrected chi connectivity index (χ0v) is 11.9. The molecule has 3 nitrogen and oxygen atoms in total. The van der Waals surface area contributed by atoms with Crippen LogP contribution in [0.25, 0.3) is 0 Å². The van der Waals surface area contributed by atoms with Crippen LogP contribution in [0.3, 0.4) is 0 Å². The van der Waals surface area contributed by atoms with Crippen LogP contribution < -0.4 is 10.1 Å². The fourth-order valence-electron chi connectivity index (χ4n) is 2.54. The van der Waals surface area contributed by atoms with E-state index in [1.165, 1.54) is 18.9 Å². The van der Waals surface area contributed by atoms with Gasteiger partial charge >= 0.3 is 0 Å². The van der Waals surface area contributed by atoms with Gasteiger partial charge in [0.1, 0.15) is 6.61 Å². The number of halogens is 1. The van der Waals surface area contributed by atoms with Crippen LogP contribution in [0.15, 0.2) is 18.2 Å². The lowest BCUT2D eigenvalue weighted by molar-refractivity contribution is 0.0176. The van der Waals surface area contributed by atoms with Gasteiger partial charge in [-0.3, -0.25) is 0 Å². The van der Waals surface area contributed by atoms with Crippen LogP contribution in [0, 0.1) is 12.7 Å².